The number of carbonyl (C=O) groups is 1. The summed E-state index contributed by atoms with van der Waals surface area (Å²) >= 11 is 1.29. The molecule has 9 nitrogen and oxygen atoms in total. The molecule has 0 radical (unpaired) electrons. The lowest BCUT2D eigenvalue weighted by Gasteiger charge is -2.23. The average Bonchev–Trinajstić information content (AvgIpc) is 3.33. The molecule has 2 aromatic heterocycles. The Balaban J connectivity index is 1.48. The van der Waals surface area contributed by atoms with Gasteiger partial charge in [-0.25, -0.2) is 13.4 Å². The molecule has 0 spiro atoms. The van der Waals surface area contributed by atoms with Crippen LogP contribution in [-0.2, 0) is 23.0 Å². The van der Waals surface area contributed by atoms with E-state index in [4.69, 9.17) is 4.74 Å². The van der Waals surface area contributed by atoms with Crippen LogP contribution < -0.4 is 10.1 Å². The van der Waals surface area contributed by atoms with Gasteiger partial charge in [-0.3, -0.25) is 15.2 Å². The Morgan fingerprint density at radius 2 is 2.17 bits per heavy atom. The summed E-state index contributed by atoms with van der Waals surface area (Å²) in [5.41, 5.74) is 2.57. The van der Waals surface area contributed by atoms with E-state index < -0.39 is 10.0 Å². The molecule has 0 fully saturated rings. The minimum Gasteiger partial charge on any atom is -0.497 e. The topological polar surface area (TPSA) is 117 Å². The largest absolute Gasteiger partial charge is 0.497 e. The summed E-state index contributed by atoms with van der Waals surface area (Å²) in [7, 11) is -1.66. The number of H-pyrrole nitrogens is 1. The summed E-state index contributed by atoms with van der Waals surface area (Å²) in [4.78, 5) is 17.9. The summed E-state index contributed by atoms with van der Waals surface area (Å²) < 4.78 is 30.1. The molecule has 3 heterocycles. The SMILES string of the molecule is COc1cccc(-c2cc(C(=O)Nc3nc4c(s3)CN(S(C)(=O)=O)CC4)[nH]n2)c1. The van der Waals surface area contributed by atoms with Crippen LogP contribution in [0, 0.1) is 0 Å². The maximum atomic E-state index is 12.6. The van der Waals surface area contributed by atoms with Crippen molar-refractivity contribution in [2.75, 3.05) is 25.2 Å². The van der Waals surface area contributed by atoms with Crippen LogP contribution >= 0.6 is 11.3 Å². The number of carbonyl (C=O) groups excluding carboxylic acids is 1. The monoisotopic (exact) mass is 433 g/mol. The molecule has 1 aliphatic rings. The molecule has 0 bridgehead atoms. The molecule has 0 atom stereocenters. The Labute approximate surface area is 171 Å². The maximum absolute atomic E-state index is 12.6. The minimum absolute atomic E-state index is 0.283. The molecule has 2 N–H and O–H groups in total. The Morgan fingerprint density at radius 1 is 1.34 bits per heavy atom. The van der Waals surface area contributed by atoms with Crippen molar-refractivity contribution in [3.8, 4) is 17.0 Å². The standard InChI is InChI=1S/C18H19N5O4S2/c1-27-12-5-3-4-11(8-12)14-9-15(22-21-14)17(24)20-18-19-13-6-7-23(29(2,25)26)10-16(13)28-18/h3-5,8-9H,6-7,10H2,1-2H3,(H,21,22)(H,19,20,24). The number of hydrogen-bond donors (Lipinski definition) is 2. The van der Waals surface area contributed by atoms with Gasteiger partial charge in [-0.2, -0.15) is 9.40 Å². The van der Waals surface area contributed by atoms with Crippen LogP contribution in [0.1, 0.15) is 21.1 Å². The fourth-order valence-electron chi connectivity index (χ4n) is 3.04. The fourth-order valence-corrected chi connectivity index (χ4v) is 4.93. The number of nitrogens with one attached hydrogen (secondary N) is 2. The van der Waals surface area contributed by atoms with E-state index in [1.54, 1.807) is 13.2 Å². The number of amides is 1. The summed E-state index contributed by atoms with van der Waals surface area (Å²) in [6.07, 6.45) is 1.72. The van der Waals surface area contributed by atoms with Crippen LogP contribution in [0.15, 0.2) is 30.3 Å². The first kappa shape index (κ1) is 19.6. The molecule has 0 saturated carbocycles. The lowest BCUT2D eigenvalue weighted by atomic mass is 10.1. The van der Waals surface area contributed by atoms with Gasteiger partial charge in [0.1, 0.15) is 11.4 Å². The smallest absolute Gasteiger partial charge is 0.275 e. The second-order valence-electron chi connectivity index (χ2n) is 6.59. The minimum atomic E-state index is -3.25. The van der Waals surface area contributed by atoms with Gasteiger partial charge in [0, 0.05) is 30.0 Å². The van der Waals surface area contributed by atoms with Gasteiger partial charge in [-0.1, -0.05) is 12.1 Å². The predicted octanol–water partition coefficient (Wildman–Crippen LogP) is 2.11. The molecule has 29 heavy (non-hydrogen) atoms. The summed E-state index contributed by atoms with van der Waals surface area (Å²) in [6.45, 7) is 0.680. The molecule has 1 aliphatic heterocycles. The highest BCUT2D eigenvalue weighted by molar-refractivity contribution is 7.88. The van der Waals surface area contributed by atoms with Gasteiger partial charge in [0.2, 0.25) is 10.0 Å². The number of rotatable bonds is 5. The number of aromatic nitrogens is 3. The number of aromatic amines is 1. The zero-order valence-electron chi connectivity index (χ0n) is 15.8. The van der Waals surface area contributed by atoms with E-state index in [0.717, 1.165) is 16.1 Å². The van der Waals surface area contributed by atoms with E-state index in [9.17, 15) is 13.2 Å². The molecular weight excluding hydrogens is 414 g/mol. The summed E-state index contributed by atoms with van der Waals surface area (Å²) in [6, 6.07) is 9.05. The number of thiazole rings is 1. The first-order valence-corrected chi connectivity index (χ1v) is 11.4. The van der Waals surface area contributed by atoms with Crippen LogP contribution in [0.5, 0.6) is 5.75 Å². The van der Waals surface area contributed by atoms with Crippen molar-refractivity contribution in [3.63, 3.8) is 0 Å². The average molecular weight is 434 g/mol. The maximum Gasteiger partial charge on any atom is 0.275 e. The van der Waals surface area contributed by atoms with Crippen LogP contribution in [-0.4, -0.2) is 53.7 Å². The molecule has 0 saturated heterocycles. The molecule has 11 heteroatoms. The Bertz CT molecular complexity index is 1170. The van der Waals surface area contributed by atoms with E-state index in [2.05, 4.69) is 20.5 Å². The lowest BCUT2D eigenvalue weighted by Crippen LogP contribution is -2.34. The summed E-state index contributed by atoms with van der Waals surface area (Å²) in [5, 5.41) is 10.1. The van der Waals surface area contributed by atoms with Gasteiger partial charge in [-0.15, -0.1) is 11.3 Å². The fraction of sp³-hybridized carbons (Fsp3) is 0.278. The zero-order chi connectivity index (χ0) is 20.6. The molecule has 0 aliphatic carbocycles. The normalized spacial score (nSPS) is 14.4. The zero-order valence-corrected chi connectivity index (χ0v) is 17.4. The molecule has 3 aromatic rings. The number of sulfonamides is 1. The number of benzene rings is 1. The van der Waals surface area contributed by atoms with Crippen molar-refractivity contribution in [2.24, 2.45) is 0 Å². The third-order valence-electron chi connectivity index (χ3n) is 4.57. The molecule has 0 unspecified atom stereocenters. The van der Waals surface area contributed by atoms with E-state index in [1.807, 2.05) is 24.3 Å². The van der Waals surface area contributed by atoms with E-state index >= 15 is 0 Å². The first-order valence-electron chi connectivity index (χ1n) is 8.78. The van der Waals surface area contributed by atoms with Gasteiger partial charge < -0.3 is 4.74 Å². The number of anilines is 1. The first-order chi connectivity index (χ1) is 13.8. The van der Waals surface area contributed by atoms with Crippen molar-refractivity contribution in [2.45, 2.75) is 13.0 Å². The highest BCUT2D eigenvalue weighted by Crippen LogP contribution is 2.29. The molecule has 1 amide bonds. The van der Waals surface area contributed by atoms with Gasteiger partial charge in [0.05, 0.1) is 24.8 Å². The Hall–Kier alpha value is -2.76. The highest BCUT2D eigenvalue weighted by atomic mass is 32.2. The van der Waals surface area contributed by atoms with Crippen LogP contribution in [0.25, 0.3) is 11.3 Å². The third kappa shape index (κ3) is 4.16. The predicted molar refractivity (Wildman–Crippen MR) is 110 cm³/mol. The van der Waals surface area contributed by atoms with Crippen LogP contribution in [0.2, 0.25) is 0 Å². The van der Waals surface area contributed by atoms with Crippen molar-refractivity contribution >= 4 is 32.4 Å². The number of ether oxygens (including phenoxy) is 1. The Kier molecular flexibility index (Phi) is 5.11. The van der Waals surface area contributed by atoms with Crippen molar-refractivity contribution in [1.82, 2.24) is 19.5 Å². The number of fused-ring (bicyclic) bond motifs is 1. The van der Waals surface area contributed by atoms with E-state index in [-0.39, 0.29) is 12.5 Å². The van der Waals surface area contributed by atoms with Crippen molar-refractivity contribution in [3.05, 3.63) is 46.6 Å². The number of methoxy groups -OCH3 is 1. The molecular formula is C18H19N5O4S2. The number of hydrogen-bond acceptors (Lipinski definition) is 7. The quantitative estimate of drug-likeness (QED) is 0.636. The van der Waals surface area contributed by atoms with E-state index in [0.29, 0.717) is 35.2 Å². The highest BCUT2D eigenvalue weighted by Gasteiger charge is 2.26. The molecule has 1 aromatic carbocycles. The van der Waals surface area contributed by atoms with Gasteiger partial charge in [0.15, 0.2) is 5.13 Å². The Morgan fingerprint density at radius 3 is 2.93 bits per heavy atom. The van der Waals surface area contributed by atoms with Gasteiger partial charge in [0.25, 0.3) is 5.91 Å². The van der Waals surface area contributed by atoms with Gasteiger partial charge >= 0.3 is 0 Å². The lowest BCUT2D eigenvalue weighted by molar-refractivity contribution is 0.102. The van der Waals surface area contributed by atoms with Crippen molar-refractivity contribution < 1.29 is 17.9 Å². The molecule has 4 rings (SSSR count). The van der Waals surface area contributed by atoms with Crippen LogP contribution in [0.3, 0.4) is 0 Å². The van der Waals surface area contributed by atoms with E-state index in [1.165, 1.54) is 21.9 Å². The van der Waals surface area contributed by atoms with Gasteiger partial charge in [-0.05, 0) is 18.2 Å². The number of nitrogens with zero attached hydrogens (tertiary/aromatic N) is 3. The van der Waals surface area contributed by atoms with Crippen molar-refractivity contribution in [1.29, 1.82) is 0 Å². The third-order valence-corrected chi connectivity index (χ3v) is 6.82. The second kappa shape index (κ2) is 7.58. The second-order valence-corrected chi connectivity index (χ2v) is 9.65. The molecule has 152 valence electrons. The van der Waals surface area contributed by atoms with Crippen LogP contribution in [0.4, 0.5) is 5.13 Å². The summed E-state index contributed by atoms with van der Waals surface area (Å²) in [5.74, 6) is 0.339.